The Hall–Kier alpha value is -5.24. The first-order chi connectivity index (χ1) is 33.6. The van der Waals surface area contributed by atoms with E-state index < -0.39 is 23.2 Å². The van der Waals surface area contributed by atoms with E-state index in [2.05, 4.69) is 26.3 Å². The first kappa shape index (κ1) is 54.1. The Kier molecular flexibility index (Phi) is 21.2. The quantitative estimate of drug-likeness (QED) is 0.0329. The van der Waals surface area contributed by atoms with Crippen LogP contribution in [0.2, 0.25) is 5.02 Å². The van der Waals surface area contributed by atoms with Gasteiger partial charge in [-0.2, -0.15) is 0 Å². The van der Waals surface area contributed by atoms with Crippen molar-refractivity contribution in [3.8, 4) is 5.75 Å². The third-order valence-corrected chi connectivity index (χ3v) is 13.6. The molecule has 4 aromatic rings. The van der Waals surface area contributed by atoms with E-state index in [-0.39, 0.29) is 72.3 Å². The molecule has 1 saturated carbocycles. The van der Waals surface area contributed by atoms with E-state index in [1.165, 1.54) is 22.3 Å². The molecule has 2 aliphatic heterocycles. The smallest absolute Gasteiger partial charge is 0.255 e. The van der Waals surface area contributed by atoms with Gasteiger partial charge in [0, 0.05) is 73.0 Å². The lowest BCUT2D eigenvalue weighted by Gasteiger charge is -2.39. The molecule has 20 heteroatoms. The number of carbonyl (C=O) groups is 5. The van der Waals surface area contributed by atoms with Gasteiger partial charge in [-0.15, -0.1) is 23.7 Å². The summed E-state index contributed by atoms with van der Waals surface area (Å²) in [4.78, 5) is 74.3. The average molecular weight is 1030 g/mol. The number of hydrogen-bond acceptors (Lipinski definition) is 13. The average Bonchev–Trinajstić information content (AvgIpc) is 3.98. The van der Waals surface area contributed by atoms with Gasteiger partial charge in [-0.05, 0) is 81.3 Å². The lowest BCUT2D eigenvalue weighted by atomic mass is 9.69. The van der Waals surface area contributed by atoms with Gasteiger partial charge < -0.3 is 39.8 Å². The second kappa shape index (κ2) is 27.4. The maximum atomic E-state index is 14.6. The summed E-state index contributed by atoms with van der Waals surface area (Å²) < 4.78 is 37.8. The second-order valence-electron chi connectivity index (χ2n) is 17.5. The van der Waals surface area contributed by atoms with Crippen LogP contribution in [0.25, 0.3) is 0 Å². The molecule has 3 aliphatic rings. The fourth-order valence-electron chi connectivity index (χ4n) is 8.97. The molecule has 1 atom stereocenters. The minimum atomic E-state index is -0.742. The van der Waals surface area contributed by atoms with Crippen molar-refractivity contribution < 1.29 is 47.3 Å². The number of fused-ring (bicyclic) bond motifs is 1. The zero-order valence-corrected chi connectivity index (χ0v) is 41.5. The number of anilines is 3. The van der Waals surface area contributed by atoms with Crippen LogP contribution in [-0.4, -0.2) is 103 Å². The number of thiazole rings is 1. The third-order valence-electron chi connectivity index (χ3n) is 12.6. The van der Waals surface area contributed by atoms with Crippen molar-refractivity contribution in [2.24, 2.45) is 5.41 Å². The van der Waals surface area contributed by atoms with Gasteiger partial charge in [0.2, 0.25) is 23.6 Å². The number of rotatable bonds is 27. The number of aromatic nitrogens is 2. The molecule has 7 rings (SSSR count). The van der Waals surface area contributed by atoms with Crippen molar-refractivity contribution >= 4 is 81.5 Å². The summed E-state index contributed by atoms with van der Waals surface area (Å²) in [7, 11) is 0. The van der Waals surface area contributed by atoms with Crippen molar-refractivity contribution in [1.29, 1.82) is 0 Å². The number of carbonyl (C=O) groups excluding carboxylic acids is 5. The lowest BCUT2D eigenvalue weighted by molar-refractivity contribution is -0.137. The van der Waals surface area contributed by atoms with E-state index in [4.69, 9.17) is 35.5 Å². The molecule has 70 heavy (non-hydrogen) atoms. The van der Waals surface area contributed by atoms with Gasteiger partial charge in [-0.3, -0.25) is 29.3 Å². The summed E-state index contributed by atoms with van der Waals surface area (Å²) >= 11 is 7.46. The molecule has 0 bridgehead atoms. The molecular weight excluding hydrogens is 965 g/mol. The molecule has 4 heterocycles. The van der Waals surface area contributed by atoms with Gasteiger partial charge in [0.05, 0.1) is 49.6 Å². The number of nitrogens with zero attached hydrogens (tertiary/aromatic N) is 3. The standard InChI is InChI=1S/C50H61ClFN7O9S.ClH/c51-38-12-9-14-41(45(38)52)68-35-19-21-50(22-20-35,32-34-10-7-15-42(55-34)57-49-54-24-31-69-49)48(64)53-23-26-66-28-30-67-29-27-65-25-6-4-2-1-3-5-16-43(60)56-39-13-8-11-36-37(39)33-59(47(36)63)40-17-18-44(61)58-46(40)62;/h7-15,24,31,35,40H,1-6,16-23,25-30,32-33H2,(H,53,64)(H,56,60)(H,54,55,57)(H,58,61,62);1H. The number of imide groups is 1. The minimum Gasteiger partial charge on any atom is -0.487 e. The molecule has 4 N–H and O–H groups in total. The zero-order chi connectivity index (χ0) is 48.4. The highest BCUT2D eigenvalue weighted by Gasteiger charge is 2.43. The summed E-state index contributed by atoms with van der Waals surface area (Å²) in [6, 6.07) is 14.9. The van der Waals surface area contributed by atoms with E-state index in [0.29, 0.717) is 107 Å². The Morgan fingerprint density at radius 2 is 1.59 bits per heavy atom. The normalized spacial score (nSPS) is 18.7. The molecule has 1 aliphatic carbocycles. The van der Waals surface area contributed by atoms with Crippen LogP contribution in [0.15, 0.2) is 66.2 Å². The highest BCUT2D eigenvalue weighted by molar-refractivity contribution is 7.13. The van der Waals surface area contributed by atoms with Crippen LogP contribution in [0.1, 0.15) is 105 Å². The van der Waals surface area contributed by atoms with Gasteiger partial charge in [-0.25, -0.2) is 14.4 Å². The molecule has 1 unspecified atom stereocenters. The van der Waals surface area contributed by atoms with E-state index in [1.54, 1.807) is 36.5 Å². The van der Waals surface area contributed by atoms with Gasteiger partial charge in [0.1, 0.15) is 11.9 Å². The number of ether oxygens (including phenoxy) is 4. The summed E-state index contributed by atoms with van der Waals surface area (Å²) in [6.07, 6.45) is 10.6. The number of pyridine rings is 1. The van der Waals surface area contributed by atoms with Crippen LogP contribution in [-0.2, 0) is 46.4 Å². The molecule has 2 fully saturated rings. The fourth-order valence-corrected chi connectivity index (χ4v) is 9.67. The summed E-state index contributed by atoms with van der Waals surface area (Å²) in [5, 5.41) is 14.2. The molecule has 378 valence electrons. The molecule has 16 nitrogen and oxygen atoms in total. The lowest BCUT2D eigenvalue weighted by Crippen LogP contribution is -2.52. The van der Waals surface area contributed by atoms with Gasteiger partial charge >= 0.3 is 0 Å². The van der Waals surface area contributed by atoms with E-state index in [1.807, 2.05) is 23.6 Å². The predicted molar refractivity (Wildman–Crippen MR) is 266 cm³/mol. The topological polar surface area (TPSA) is 199 Å². The first-order valence-corrected chi connectivity index (χ1v) is 25.2. The SMILES string of the molecule is Cl.O=C1CCC(N2Cc3c(NC(=O)CCCCCCCCOCCOCCOCCNC(=O)C4(Cc5cccc(Nc6nccs6)n5)CCC(Oc5cccc(Cl)c5F)CC4)cccc3C2=O)C(=O)N1. The van der Waals surface area contributed by atoms with Crippen molar-refractivity contribution in [1.82, 2.24) is 25.5 Å². The highest BCUT2D eigenvalue weighted by atomic mass is 35.5. The molecule has 0 radical (unpaired) electrons. The van der Waals surface area contributed by atoms with Crippen molar-refractivity contribution in [2.45, 2.75) is 109 Å². The molecule has 1 saturated heterocycles. The van der Waals surface area contributed by atoms with Crippen LogP contribution in [0.4, 0.5) is 21.0 Å². The maximum absolute atomic E-state index is 14.6. The second-order valence-corrected chi connectivity index (χ2v) is 18.8. The number of unbranched alkanes of at least 4 members (excludes halogenated alkanes) is 5. The number of halogens is 3. The molecule has 5 amide bonds. The van der Waals surface area contributed by atoms with Crippen molar-refractivity contribution in [3.05, 3.63) is 93.8 Å². The largest absolute Gasteiger partial charge is 0.487 e. The van der Waals surface area contributed by atoms with E-state index in [9.17, 15) is 28.4 Å². The van der Waals surface area contributed by atoms with Gasteiger partial charge in [0.25, 0.3) is 5.91 Å². The Morgan fingerprint density at radius 3 is 2.34 bits per heavy atom. The van der Waals surface area contributed by atoms with Crippen molar-refractivity contribution in [3.63, 3.8) is 0 Å². The maximum Gasteiger partial charge on any atom is 0.255 e. The zero-order valence-electron chi connectivity index (χ0n) is 39.2. The van der Waals surface area contributed by atoms with Crippen LogP contribution in [0.3, 0.4) is 0 Å². The van der Waals surface area contributed by atoms with Gasteiger partial charge in [0.15, 0.2) is 16.7 Å². The number of amides is 5. The van der Waals surface area contributed by atoms with E-state index >= 15 is 0 Å². The van der Waals surface area contributed by atoms with Gasteiger partial charge in [-0.1, -0.05) is 55.5 Å². The van der Waals surface area contributed by atoms with E-state index in [0.717, 1.165) is 49.4 Å². The summed E-state index contributed by atoms with van der Waals surface area (Å²) in [5.74, 6) is -1.09. The Morgan fingerprint density at radius 1 is 0.871 bits per heavy atom. The van der Waals surface area contributed by atoms with Crippen LogP contribution in [0, 0.1) is 11.2 Å². The fraction of sp³-hybridized carbons (Fsp3) is 0.500. The molecule has 0 spiro atoms. The Labute approximate surface area is 422 Å². The summed E-state index contributed by atoms with van der Waals surface area (Å²) in [5.41, 5.74) is 1.77. The number of benzene rings is 2. The van der Waals surface area contributed by atoms with Crippen LogP contribution >= 0.6 is 35.3 Å². The minimum absolute atomic E-state index is 0. The predicted octanol–water partition coefficient (Wildman–Crippen LogP) is 8.34. The Bertz CT molecular complexity index is 2370. The number of hydrogen-bond donors (Lipinski definition) is 4. The van der Waals surface area contributed by atoms with Crippen molar-refractivity contribution in [2.75, 3.05) is 56.8 Å². The first-order valence-electron chi connectivity index (χ1n) is 23.9. The molecular formula is C50H62Cl2FN7O9S. The number of piperidine rings is 1. The molecule has 2 aromatic heterocycles. The Balaban J connectivity index is 0.00000804. The summed E-state index contributed by atoms with van der Waals surface area (Å²) in [6.45, 7) is 3.24. The van der Waals surface area contributed by atoms with Crippen LogP contribution < -0.4 is 26.0 Å². The monoisotopic (exact) mass is 1030 g/mol. The highest BCUT2D eigenvalue weighted by Crippen LogP contribution is 2.41. The molecule has 2 aromatic carbocycles. The third kappa shape index (κ3) is 15.4. The van der Waals surface area contributed by atoms with Crippen LogP contribution in [0.5, 0.6) is 5.75 Å². The number of nitrogens with one attached hydrogen (secondary N) is 4.